The molecule has 0 spiro atoms. The van der Waals surface area contributed by atoms with E-state index in [1.165, 1.54) is 12.1 Å². The van der Waals surface area contributed by atoms with Crippen LogP contribution in [0.4, 0.5) is 0 Å². The molecule has 0 amide bonds. The van der Waals surface area contributed by atoms with Gasteiger partial charge < -0.3 is 15.0 Å². The molecular weight excluding hydrogens is 233 g/mol. The van der Waals surface area contributed by atoms with Crippen LogP contribution >= 0.6 is 0 Å². The monoisotopic (exact) mass is 240 g/mol. The molecule has 61 valence electrons. The Hall–Kier alpha value is -0.406. The van der Waals surface area contributed by atoms with Crippen molar-refractivity contribution < 1.29 is 47.7 Å². The summed E-state index contributed by atoms with van der Waals surface area (Å²) in [6.07, 6.45) is 0. The molecule has 1 aromatic carbocycles. The summed E-state index contributed by atoms with van der Waals surface area (Å²) in [4.78, 5) is 10.4. The van der Waals surface area contributed by atoms with Crippen molar-refractivity contribution in [1.82, 2.24) is 0 Å². The zero-order valence-electron chi connectivity index (χ0n) is 6.53. The number of carboxylic acids is 1. The average Bonchev–Trinajstić information content (AvgIpc) is 1.94. The summed E-state index contributed by atoms with van der Waals surface area (Å²) in [5.74, 6) is -0.969. The molecule has 4 heteroatoms. The molecule has 1 radical (unpaired) electrons. The first-order valence-electron chi connectivity index (χ1n) is 3.06. The maximum Gasteiger partial charge on any atom is 0.247 e. The van der Waals surface area contributed by atoms with Crippen LogP contribution < -0.4 is 0 Å². The first-order valence-corrected chi connectivity index (χ1v) is 3.06. The summed E-state index contributed by atoms with van der Waals surface area (Å²) in [5, 5.41) is 17.5. The second kappa shape index (κ2) is 4.58. The van der Waals surface area contributed by atoms with E-state index in [1.54, 1.807) is 6.92 Å². The average molecular weight is 240 g/mol. The zero-order chi connectivity index (χ0) is 8.43. The van der Waals surface area contributed by atoms with Crippen molar-refractivity contribution in [2.75, 3.05) is 0 Å². The summed E-state index contributed by atoms with van der Waals surface area (Å²) in [6, 6.07) is 5.18. The number of hydrogen-bond acceptors (Lipinski definition) is 2. The third-order valence-electron chi connectivity index (χ3n) is 1.34. The SMILES string of the molecule is Cc1[c-]c(C(=O)O)ccc1O.[Y]. The van der Waals surface area contributed by atoms with Crippen molar-refractivity contribution in [1.29, 1.82) is 0 Å². The maximum atomic E-state index is 10.4. The van der Waals surface area contributed by atoms with Crippen LogP contribution in [0.15, 0.2) is 12.1 Å². The fraction of sp³-hybridized carbons (Fsp3) is 0.125. The normalized spacial score (nSPS) is 8.75. The van der Waals surface area contributed by atoms with Crippen molar-refractivity contribution in [2.45, 2.75) is 6.92 Å². The summed E-state index contributed by atoms with van der Waals surface area (Å²) in [6.45, 7) is 1.60. The van der Waals surface area contributed by atoms with E-state index < -0.39 is 5.97 Å². The van der Waals surface area contributed by atoms with Gasteiger partial charge in [0.2, 0.25) is 5.97 Å². The number of phenolic OH excluding ortho intramolecular Hbond substituents is 1. The standard InChI is InChI=1S/C8H7O3.Y/c1-5-4-6(8(10)11)2-3-7(5)9;/h2-3,9H,1H3,(H,10,11);/q-1;. The Kier molecular flexibility index (Phi) is 4.42. The third-order valence-corrected chi connectivity index (χ3v) is 1.34. The van der Waals surface area contributed by atoms with Gasteiger partial charge in [0, 0.05) is 38.5 Å². The quantitative estimate of drug-likeness (QED) is 0.725. The summed E-state index contributed by atoms with van der Waals surface area (Å²) >= 11 is 0. The van der Waals surface area contributed by atoms with E-state index in [2.05, 4.69) is 6.07 Å². The Labute approximate surface area is 95.3 Å². The molecule has 0 heterocycles. The molecule has 0 bridgehead atoms. The number of rotatable bonds is 1. The molecule has 0 aliphatic heterocycles. The Balaban J connectivity index is 0.00000121. The minimum Gasteiger partial charge on any atom is -0.551 e. The van der Waals surface area contributed by atoms with E-state index in [4.69, 9.17) is 10.2 Å². The number of carboxylic acid groups (broad SMARTS) is 1. The number of aryl methyl sites for hydroxylation is 1. The van der Waals surface area contributed by atoms with Crippen LogP contribution in [0.2, 0.25) is 0 Å². The number of carbonyl (C=O) groups is 1. The van der Waals surface area contributed by atoms with Gasteiger partial charge in [-0.15, -0.1) is 18.2 Å². The fourth-order valence-corrected chi connectivity index (χ4v) is 0.720. The molecule has 0 saturated carbocycles. The summed E-state index contributed by atoms with van der Waals surface area (Å²) in [7, 11) is 0. The van der Waals surface area contributed by atoms with E-state index in [0.717, 1.165) is 0 Å². The van der Waals surface area contributed by atoms with E-state index in [-0.39, 0.29) is 44.0 Å². The molecule has 3 nitrogen and oxygen atoms in total. The van der Waals surface area contributed by atoms with Gasteiger partial charge in [-0.2, -0.15) is 0 Å². The molecule has 12 heavy (non-hydrogen) atoms. The first-order chi connectivity index (χ1) is 5.11. The van der Waals surface area contributed by atoms with Gasteiger partial charge in [0.1, 0.15) is 0 Å². The molecule has 0 fully saturated rings. The van der Waals surface area contributed by atoms with Gasteiger partial charge >= 0.3 is 0 Å². The Bertz CT molecular complexity index is 296. The molecular formula is C8H7O3Y-. The molecule has 0 aliphatic carbocycles. The van der Waals surface area contributed by atoms with Crippen molar-refractivity contribution in [2.24, 2.45) is 0 Å². The van der Waals surface area contributed by atoms with Crippen LogP contribution in [-0.2, 0) is 32.7 Å². The van der Waals surface area contributed by atoms with Crippen LogP contribution in [0.5, 0.6) is 5.75 Å². The minimum atomic E-state index is -1.03. The summed E-state index contributed by atoms with van der Waals surface area (Å²) < 4.78 is 0. The van der Waals surface area contributed by atoms with Gasteiger partial charge in [0.15, 0.2) is 0 Å². The van der Waals surface area contributed by atoms with Crippen LogP contribution in [0.25, 0.3) is 0 Å². The van der Waals surface area contributed by atoms with Crippen molar-refractivity contribution in [3.05, 3.63) is 29.3 Å². The molecule has 1 aromatic rings. The first kappa shape index (κ1) is 11.6. The largest absolute Gasteiger partial charge is 0.551 e. The predicted octanol–water partition coefficient (Wildman–Crippen LogP) is 1.20. The van der Waals surface area contributed by atoms with Gasteiger partial charge in [-0.05, 0) is 0 Å². The molecule has 1 rings (SSSR count). The zero-order valence-corrected chi connectivity index (χ0v) is 9.37. The van der Waals surface area contributed by atoms with Gasteiger partial charge in [-0.1, -0.05) is 18.1 Å². The van der Waals surface area contributed by atoms with Crippen LogP contribution in [0.1, 0.15) is 15.9 Å². The van der Waals surface area contributed by atoms with Crippen molar-refractivity contribution in [3.63, 3.8) is 0 Å². The molecule has 0 aliphatic rings. The second-order valence-electron chi connectivity index (χ2n) is 2.19. The topological polar surface area (TPSA) is 57.5 Å². The minimum absolute atomic E-state index is 0. The fourth-order valence-electron chi connectivity index (χ4n) is 0.720. The van der Waals surface area contributed by atoms with E-state index >= 15 is 0 Å². The molecule has 0 saturated heterocycles. The Morgan fingerprint density at radius 3 is 2.50 bits per heavy atom. The number of aromatic hydroxyl groups is 1. The van der Waals surface area contributed by atoms with Crippen LogP contribution in [0.3, 0.4) is 0 Å². The van der Waals surface area contributed by atoms with Crippen molar-refractivity contribution in [3.8, 4) is 5.75 Å². The predicted molar refractivity (Wildman–Crippen MR) is 38.6 cm³/mol. The Morgan fingerprint density at radius 1 is 1.50 bits per heavy atom. The molecule has 0 aromatic heterocycles. The maximum absolute atomic E-state index is 10.4. The molecule has 0 unspecified atom stereocenters. The van der Waals surface area contributed by atoms with Crippen LogP contribution in [-0.4, -0.2) is 16.2 Å². The van der Waals surface area contributed by atoms with E-state index in [1.807, 2.05) is 0 Å². The van der Waals surface area contributed by atoms with Crippen molar-refractivity contribution >= 4 is 5.97 Å². The van der Waals surface area contributed by atoms with Gasteiger partial charge in [-0.25, -0.2) is 0 Å². The number of phenols is 1. The second-order valence-corrected chi connectivity index (χ2v) is 2.19. The van der Waals surface area contributed by atoms with Gasteiger partial charge in [0.25, 0.3) is 0 Å². The van der Waals surface area contributed by atoms with Gasteiger partial charge in [0.05, 0.1) is 0 Å². The summed E-state index contributed by atoms with van der Waals surface area (Å²) in [5.41, 5.74) is 0.519. The number of hydrogen-bond donors (Lipinski definition) is 2. The molecule has 2 N–H and O–H groups in total. The number of benzene rings is 1. The van der Waals surface area contributed by atoms with Gasteiger partial charge in [-0.3, -0.25) is 0 Å². The van der Waals surface area contributed by atoms with Crippen LogP contribution in [0, 0.1) is 13.0 Å². The smallest absolute Gasteiger partial charge is 0.247 e. The number of aromatic carboxylic acids is 1. The third kappa shape index (κ3) is 2.57. The molecule has 0 atom stereocenters. The van der Waals surface area contributed by atoms with E-state index in [0.29, 0.717) is 5.56 Å². The Morgan fingerprint density at radius 2 is 2.08 bits per heavy atom. The van der Waals surface area contributed by atoms with E-state index in [9.17, 15) is 4.79 Å².